The first-order valence-corrected chi connectivity index (χ1v) is 5.06. The average molecular weight is 207 g/mol. The number of nitrogens with one attached hydrogen (secondary N) is 2. The van der Waals surface area contributed by atoms with Crippen molar-refractivity contribution in [2.24, 2.45) is 5.41 Å². The summed E-state index contributed by atoms with van der Waals surface area (Å²) in [7, 11) is 0. The first kappa shape index (κ1) is 11.7. The Kier molecular flexibility index (Phi) is 4.25. The largest absolute Gasteiger partial charge is 0.309 e. The summed E-state index contributed by atoms with van der Waals surface area (Å²) in [4.78, 5) is 4.02. The summed E-state index contributed by atoms with van der Waals surface area (Å²) < 4.78 is 0. The van der Waals surface area contributed by atoms with Crippen molar-refractivity contribution in [1.29, 1.82) is 5.26 Å². The van der Waals surface area contributed by atoms with Crippen LogP contribution in [0.2, 0.25) is 0 Å². The molecule has 2 N–H and O–H groups in total. The topological polar surface area (TPSA) is 77.4 Å². The minimum atomic E-state index is 0.149. The van der Waals surface area contributed by atoms with Gasteiger partial charge in [0, 0.05) is 13.0 Å². The second-order valence-corrected chi connectivity index (χ2v) is 4.36. The van der Waals surface area contributed by atoms with Crippen molar-refractivity contribution in [3.05, 3.63) is 12.2 Å². The monoisotopic (exact) mass is 207 g/mol. The highest BCUT2D eigenvalue weighted by atomic mass is 15.2. The van der Waals surface area contributed by atoms with Gasteiger partial charge in [0.25, 0.3) is 0 Å². The van der Waals surface area contributed by atoms with Gasteiger partial charge in [-0.05, 0) is 11.8 Å². The van der Waals surface area contributed by atoms with E-state index in [0.29, 0.717) is 13.0 Å². The Hall–Kier alpha value is -1.41. The Balaban J connectivity index is 2.21. The molecule has 0 radical (unpaired) electrons. The molecule has 82 valence electrons. The summed E-state index contributed by atoms with van der Waals surface area (Å²) in [6.07, 6.45) is 3.02. The van der Waals surface area contributed by atoms with Crippen molar-refractivity contribution < 1.29 is 0 Å². The quantitative estimate of drug-likeness (QED) is 0.735. The Bertz CT molecular complexity index is 309. The Morgan fingerprint density at radius 2 is 2.40 bits per heavy atom. The van der Waals surface area contributed by atoms with Gasteiger partial charge in [-0.15, -0.1) is 0 Å². The maximum atomic E-state index is 8.51. The smallest absolute Gasteiger partial charge is 0.138 e. The lowest BCUT2D eigenvalue weighted by Gasteiger charge is -2.23. The van der Waals surface area contributed by atoms with Gasteiger partial charge in [-0.25, -0.2) is 4.98 Å². The molecule has 1 heterocycles. The van der Waals surface area contributed by atoms with Gasteiger partial charge >= 0.3 is 0 Å². The van der Waals surface area contributed by atoms with Gasteiger partial charge in [-0.3, -0.25) is 5.10 Å². The molecule has 1 aromatic heterocycles. The number of hydrogen-bond donors (Lipinski definition) is 2. The Morgan fingerprint density at radius 1 is 1.60 bits per heavy atom. The van der Waals surface area contributed by atoms with Crippen LogP contribution in [0.1, 0.15) is 32.5 Å². The van der Waals surface area contributed by atoms with E-state index in [2.05, 4.69) is 40.4 Å². The number of H-pyrrole nitrogens is 1. The molecule has 0 aliphatic rings. The van der Waals surface area contributed by atoms with Crippen molar-refractivity contribution in [2.75, 3.05) is 6.54 Å². The van der Waals surface area contributed by atoms with Crippen LogP contribution < -0.4 is 5.32 Å². The molecule has 0 aliphatic carbocycles. The van der Waals surface area contributed by atoms with Gasteiger partial charge in [0.1, 0.15) is 12.2 Å². The highest BCUT2D eigenvalue weighted by molar-refractivity contribution is 4.82. The number of hydrogen-bond acceptors (Lipinski definition) is 4. The zero-order valence-electron chi connectivity index (χ0n) is 9.25. The molecule has 5 heteroatoms. The molecule has 0 saturated carbocycles. The van der Waals surface area contributed by atoms with E-state index in [-0.39, 0.29) is 5.41 Å². The molecule has 15 heavy (non-hydrogen) atoms. The van der Waals surface area contributed by atoms with Crippen LogP contribution in [0.5, 0.6) is 0 Å². The lowest BCUT2D eigenvalue weighted by atomic mass is 9.88. The van der Waals surface area contributed by atoms with Crippen molar-refractivity contribution in [3.8, 4) is 6.07 Å². The van der Waals surface area contributed by atoms with Gasteiger partial charge in [-0.2, -0.15) is 10.4 Å². The third kappa shape index (κ3) is 4.56. The van der Waals surface area contributed by atoms with Gasteiger partial charge in [0.05, 0.1) is 12.6 Å². The summed E-state index contributed by atoms with van der Waals surface area (Å²) in [5, 5.41) is 18.4. The molecule has 0 aliphatic heterocycles. The number of aromatic nitrogens is 3. The zero-order chi connectivity index (χ0) is 11.1. The van der Waals surface area contributed by atoms with E-state index in [1.54, 1.807) is 0 Å². The first-order chi connectivity index (χ1) is 7.14. The van der Waals surface area contributed by atoms with E-state index in [9.17, 15) is 0 Å². The van der Waals surface area contributed by atoms with Crippen LogP contribution in [0.4, 0.5) is 0 Å². The summed E-state index contributed by atoms with van der Waals surface area (Å²) in [5.41, 5.74) is 0.149. The first-order valence-electron chi connectivity index (χ1n) is 5.06. The highest BCUT2D eigenvalue weighted by Gasteiger charge is 2.16. The second-order valence-electron chi connectivity index (χ2n) is 4.36. The molecule has 0 fully saturated rings. The molecule has 5 nitrogen and oxygen atoms in total. The molecule has 0 aromatic carbocycles. The second kappa shape index (κ2) is 5.47. The third-order valence-electron chi connectivity index (χ3n) is 2.27. The SMILES string of the molecule is CC(C)(CCC#N)CNCc1ncn[nH]1. The maximum Gasteiger partial charge on any atom is 0.138 e. The predicted molar refractivity (Wildman–Crippen MR) is 56.7 cm³/mol. The van der Waals surface area contributed by atoms with E-state index in [4.69, 9.17) is 5.26 Å². The van der Waals surface area contributed by atoms with Crippen LogP contribution in [0, 0.1) is 16.7 Å². The zero-order valence-corrected chi connectivity index (χ0v) is 9.25. The summed E-state index contributed by atoms with van der Waals surface area (Å²) in [6, 6.07) is 2.17. The minimum absolute atomic E-state index is 0.149. The van der Waals surface area contributed by atoms with Crippen molar-refractivity contribution in [1.82, 2.24) is 20.5 Å². The molecular weight excluding hydrogens is 190 g/mol. The van der Waals surface area contributed by atoms with Crippen LogP contribution in [0.25, 0.3) is 0 Å². The lowest BCUT2D eigenvalue weighted by molar-refractivity contribution is 0.316. The fraction of sp³-hybridized carbons (Fsp3) is 0.700. The van der Waals surface area contributed by atoms with Crippen LogP contribution in [0.3, 0.4) is 0 Å². The molecular formula is C10H17N5. The van der Waals surface area contributed by atoms with Crippen LogP contribution in [-0.2, 0) is 6.54 Å². The van der Waals surface area contributed by atoms with E-state index in [1.165, 1.54) is 6.33 Å². The fourth-order valence-corrected chi connectivity index (χ4v) is 1.32. The van der Waals surface area contributed by atoms with Crippen molar-refractivity contribution in [3.63, 3.8) is 0 Å². The Labute approximate surface area is 89.9 Å². The van der Waals surface area contributed by atoms with Gasteiger partial charge in [-0.1, -0.05) is 13.8 Å². The lowest BCUT2D eigenvalue weighted by Crippen LogP contribution is -2.29. The molecule has 0 atom stereocenters. The van der Waals surface area contributed by atoms with E-state index in [1.807, 2.05) is 0 Å². The highest BCUT2D eigenvalue weighted by Crippen LogP contribution is 2.20. The number of nitriles is 1. The van der Waals surface area contributed by atoms with Crippen molar-refractivity contribution in [2.45, 2.75) is 33.2 Å². The van der Waals surface area contributed by atoms with E-state index < -0.39 is 0 Å². The molecule has 0 amide bonds. The maximum absolute atomic E-state index is 8.51. The van der Waals surface area contributed by atoms with Crippen molar-refractivity contribution >= 4 is 0 Å². The molecule has 0 unspecified atom stereocenters. The van der Waals surface area contributed by atoms with E-state index in [0.717, 1.165) is 18.8 Å². The summed E-state index contributed by atoms with van der Waals surface area (Å²) in [6.45, 7) is 5.86. The molecule has 0 saturated heterocycles. The van der Waals surface area contributed by atoms with Gasteiger partial charge in [0.15, 0.2) is 0 Å². The summed E-state index contributed by atoms with van der Waals surface area (Å²) >= 11 is 0. The normalized spacial score (nSPS) is 11.3. The molecule has 0 spiro atoms. The summed E-state index contributed by atoms with van der Waals surface area (Å²) in [5.74, 6) is 0.839. The Morgan fingerprint density at radius 3 is 3.00 bits per heavy atom. The fourth-order valence-electron chi connectivity index (χ4n) is 1.32. The average Bonchev–Trinajstić information content (AvgIpc) is 2.67. The van der Waals surface area contributed by atoms with Crippen LogP contribution in [-0.4, -0.2) is 21.7 Å². The standard InChI is InChI=1S/C10H17N5/c1-10(2,4-3-5-11)7-12-6-9-13-8-14-15-9/h8,12H,3-4,6-7H2,1-2H3,(H,13,14,15). The van der Waals surface area contributed by atoms with Gasteiger partial charge in [0.2, 0.25) is 0 Å². The predicted octanol–water partition coefficient (Wildman–Crippen LogP) is 1.22. The molecule has 0 bridgehead atoms. The van der Waals surface area contributed by atoms with Crippen LogP contribution >= 0.6 is 0 Å². The third-order valence-corrected chi connectivity index (χ3v) is 2.27. The number of aromatic amines is 1. The minimum Gasteiger partial charge on any atom is -0.309 e. The number of rotatable bonds is 6. The van der Waals surface area contributed by atoms with Gasteiger partial charge < -0.3 is 5.32 Å². The molecule has 1 aromatic rings. The van der Waals surface area contributed by atoms with Crippen LogP contribution in [0.15, 0.2) is 6.33 Å². The molecule has 1 rings (SSSR count). The number of nitrogens with zero attached hydrogens (tertiary/aromatic N) is 3. The van der Waals surface area contributed by atoms with E-state index >= 15 is 0 Å².